The van der Waals surface area contributed by atoms with Gasteiger partial charge in [-0.25, -0.2) is 0 Å². The normalized spacial score (nSPS) is 13.3. The van der Waals surface area contributed by atoms with Gasteiger partial charge in [0, 0.05) is 6.92 Å². The summed E-state index contributed by atoms with van der Waals surface area (Å²) in [5.41, 5.74) is 0. The standard InChI is InChI=1S/C8H16O2/c1-5-8(6(2)3)10-7(4)9/h6,8H,5H2,1-4H3. The van der Waals surface area contributed by atoms with Gasteiger partial charge in [0.1, 0.15) is 6.10 Å². The minimum Gasteiger partial charge on any atom is -0.462 e. The summed E-state index contributed by atoms with van der Waals surface area (Å²) in [5, 5.41) is 0. The van der Waals surface area contributed by atoms with Crippen LogP contribution in [0.3, 0.4) is 0 Å². The van der Waals surface area contributed by atoms with Crippen molar-refractivity contribution in [2.24, 2.45) is 5.92 Å². The van der Waals surface area contributed by atoms with Gasteiger partial charge in [0.25, 0.3) is 0 Å². The van der Waals surface area contributed by atoms with Crippen LogP contribution < -0.4 is 0 Å². The molecule has 0 fully saturated rings. The molecule has 2 nitrogen and oxygen atoms in total. The van der Waals surface area contributed by atoms with Gasteiger partial charge in [-0.05, 0) is 12.3 Å². The van der Waals surface area contributed by atoms with E-state index < -0.39 is 0 Å². The van der Waals surface area contributed by atoms with Gasteiger partial charge >= 0.3 is 5.97 Å². The van der Waals surface area contributed by atoms with Crippen LogP contribution in [0, 0.1) is 5.92 Å². The van der Waals surface area contributed by atoms with E-state index in [2.05, 4.69) is 13.8 Å². The zero-order chi connectivity index (χ0) is 8.15. The van der Waals surface area contributed by atoms with E-state index in [0.29, 0.717) is 5.92 Å². The predicted molar refractivity (Wildman–Crippen MR) is 40.7 cm³/mol. The molecule has 0 saturated heterocycles. The second-order valence-corrected chi connectivity index (χ2v) is 2.80. The minimum absolute atomic E-state index is 0.0949. The van der Waals surface area contributed by atoms with Gasteiger partial charge in [-0.3, -0.25) is 4.79 Å². The number of ether oxygens (including phenoxy) is 1. The van der Waals surface area contributed by atoms with Crippen molar-refractivity contribution >= 4 is 5.97 Å². The molecule has 0 N–H and O–H groups in total. The Hall–Kier alpha value is -0.530. The maximum atomic E-state index is 10.5. The Morgan fingerprint density at radius 3 is 2.10 bits per heavy atom. The molecule has 0 spiro atoms. The highest BCUT2D eigenvalue weighted by Gasteiger charge is 2.12. The number of esters is 1. The molecule has 1 atom stereocenters. The second kappa shape index (κ2) is 4.31. The van der Waals surface area contributed by atoms with E-state index in [-0.39, 0.29) is 12.1 Å². The lowest BCUT2D eigenvalue weighted by atomic mass is 10.1. The summed E-state index contributed by atoms with van der Waals surface area (Å²) >= 11 is 0. The highest BCUT2D eigenvalue weighted by atomic mass is 16.5. The summed E-state index contributed by atoms with van der Waals surface area (Å²) in [6, 6.07) is 0. The van der Waals surface area contributed by atoms with Gasteiger partial charge in [-0.1, -0.05) is 20.8 Å². The lowest BCUT2D eigenvalue weighted by Crippen LogP contribution is -2.21. The molecular weight excluding hydrogens is 128 g/mol. The van der Waals surface area contributed by atoms with Crippen LogP contribution in [0.25, 0.3) is 0 Å². The van der Waals surface area contributed by atoms with Crippen molar-refractivity contribution in [1.29, 1.82) is 0 Å². The third-order valence-electron chi connectivity index (χ3n) is 1.46. The molecule has 0 bridgehead atoms. The first-order chi connectivity index (χ1) is 4.57. The van der Waals surface area contributed by atoms with Crippen LogP contribution in [0.2, 0.25) is 0 Å². The third kappa shape index (κ3) is 3.49. The molecule has 2 heteroatoms. The van der Waals surface area contributed by atoms with E-state index >= 15 is 0 Å². The first kappa shape index (κ1) is 9.47. The average Bonchev–Trinajstić information content (AvgIpc) is 1.81. The number of rotatable bonds is 3. The maximum Gasteiger partial charge on any atom is 0.302 e. The van der Waals surface area contributed by atoms with Crippen LogP contribution in [-0.2, 0) is 9.53 Å². The Balaban J connectivity index is 3.71. The third-order valence-corrected chi connectivity index (χ3v) is 1.46. The Morgan fingerprint density at radius 2 is 2.00 bits per heavy atom. The van der Waals surface area contributed by atoms with E-state index in [1.807, 2.05) is 6.92 Å². The zero-order valence-electron chi connectivity index (χ0n) is 7.18. The molecule has 10 heavy (non-hydrogen) atoms. The molecular formula is C8H16O2. The van der Waals surface area contributed by atoms with Gasteiger partial charge in [-0.2, -0.15) is 0 Å². The molecule has 0 aliphatic heterocycles. The molecule has 0 aromatic heterocycles. The van der Waals surface area contributed by atoms with Gasteiger partial charge in [0.05, 0.1) is 0 Å². The molecule has 0 aliphatic carbocycles. The molecule has 0 aliphatic rings. The summed E-state index contributed by atoms with van der Waals surface area (Å²) in [6.45, 7) is 7.58. The fourth-order valence-electron chi connectivity index (χ4n) is 0.904. The van der Waals surface area contributed by atoms with Gasteiger partial charge in [0.15, 0.2) is 0 Å². The van der Waals surface area contributed by atoms with Crippen molar-refractivity contribution in [3.8, 4) is 0 Å². The average molecular weight is 144 g/mol. The van der Waals surface area contributed by atoms with Crippen LogP contribution in [0.5, 0.6) is 0 Å². The quantitative estimate of drug-likeness (QED) is 0.566. The van der Waals surface area contributed by atoms with Crippen molar-refractivity contribution < 1.29 is 9.53 Å². The van der Waals surface area contributed by atoms with Crippen molar-refractivity contribution in [1.82, 2.24) is 0 Å². The first-order valence-corrected chi connectivity index (χ1v) is 3.75. The molecule has 0 radical (unpaired) electrons. The number of hydrogen-bond donors (Lipinski definition) is 0. The van der Waals surface area contributed by atoms with Gasteiger partial charge in [-0.15, -0.1) is 0 Å². The number of hydrogen-bond acceptors (Lipinski definition) is 2. The van der Waals surface area contributed by atoms with Crippen molar-refractivity contribution in [2.45, 2.75) is 40.2 Å². The summed E-state index contributed by atoms with van der Waals surface area (Å²) < 4.78 is 5.02. The first-order valence-electron chi connectivity index (χ1n) is 3.75. The maximum absolute atomic E-state index is 10.5. The molecule has 0 heterocycles. The van der Waals surface area contributed by atoms with Crippen molar-refractivity contribution in [3.63, 3.8) is 0 Å². The molecule has 0 saturated carbocycles. The Bertz CT molecular complexity index is 108. The van der Waals surface area contributed by atoms with Crippen molar-refractivity contribution in [3.05, 3.63) is 0 Å². The smallest absolute Gasteiger partial charge is 0.302 e. The van der Waals surface area contributed by atoms with E-state index in [1.165, 1.54) is 6.92 Å². The van der Waals surface area contributed by atoms with Crippen LogP contribution in [0.1, 0.15) is 34.1 Å². The topological polar surface area (TPSA) is 26.3 Å². The van der Waals surface area contributed by atoms with E-state index in [4.69, 9.17) is 4.74 Å². The molecule has 0 aromatic carbocycles. The summed E-state index contributed by atoms with van der Waals surface area (Å²) in [4.78, 5) is 10.5. The Labute approximate surface area is 62.6 Å². The van der Waals surface area contributed by atoms with E-state index in [1.54, 1.807) is 0 Å². The van der Waals surface area contributed by atoms with E-state index in [0.717, 1.165) is 6.42 Å². The molecule has 60 valence electrons. The van der Waals surface area contributed by atoms with Crippen molar-refractivity contribution in [2.75, 3.05) is 0 Å². The lowest BCUT2D eigenvalue weighted by Gasteiger charge is -2.18. The highest BCUT2D eigenvalue weighted by molar-refractivity contribution is 5.66. The zero-order valence-corrected chi connectivity index (χ0v) is 7.18. The summed E-state index contributed by atoms with van der Waals surface area (Å²) in [5.74, 6) is 0.245. The minimum atomic E-state index is -0.180. The SMILES string of the molecule is CCC(OC(C)=O)C(C)C. The van der Waals surface area contributed by atoms with Gasteiger partial charge < -0.3 is 4.74 Å². The molecule has 0 rings (SSSR count). The Kier molecular flexibility index (Phi) is 4.08. The van der Waals surface area contributed by atoms with E-state index in [9.17, 15) is 4.79 Å². The second-order valence-electron chi connectivity index (χ2n) is 2.80. The van der Waals surface area contributed by atoms with Crippen LogP contribution in [-0.4, -0.2) is 12.1 Å². The summed E-state index contributed by atoms with van der Waals surface area (Å²) in [7, 11) is 0. The molecule has 1 unspecified atom stereocenters. The highest BCUT2D eigenvalue weighted by Crippen LogP contribution is 2.09. The molecule has 0 amide bonds. The summed E-state index contributed by atoms with van der Waals surface area (Å²) in [6.07, 6.45) is 0.995. The lowest BCUT2D eigenvalue weighted by molar-refractivity contribution is -0.148. The van der Waals surface area contributed by atoms with Gasteiger partial charge in [0.2, 0.25) is 0 Å². The predicted octanol–water partition coefficient (Wildman–Crippen LogP) is 1.98. The fourth-order valence-corrected chi connectivity index (χ4v) is 0.904. The Morgan fingerprint density at radius 1 is 1.50 bits per heavy atom. The molecule has 0 aromatic rings. The van der Waals surface area contributed by atoms with Crippen LogP contribution in [0.15, 0.2) is 0 Å². The fraction of sp³-hybridized carbons (Fsp3) is 0.875. The number of carbonyl (C=O) groups is 1. The van der Waals surface area contributed by atoms with Crippen LogP contribution >= 0.6 is 0 Å². The van der Waals surface area contributed by atoms with Crippen LogP contribution in [0.4, 0.5) is 0 Å². The largest absolute Gasteiger partial charge is 0.462 e. The number of carbonyl (C=O) groups excluding carboxylic acids is 1. The monoisotopic (exact) mass is 144 g/mol.